The summed E-state index contributed by atoms with van der Waals surface area (Å²) in [5, 5.41) is 0.323. The Morgan fingerprint density at radius 2 is 1.95 bits per heavy atom. The van der Waals surface area contributed by atoms with E-state index in [2.05, 4.69) is 6.92 Å². The molecule has 1 unspecified atom stereocenters. The van der Waals surface area contributed by atoms with E-state index in [1.54, 1.807) is 11.8 Å². The second-order valence-corrected chi connectivity index (χ2v) is 6.62. The number of hydrogen-bond donors (Lipinski definition) is 0. The third kappa shape index (κ3) is 12.7. The molecule has 0 aliphatic carbocycles. The summed E-state index contributed by atoms with van der Waals surface area (Å²) in [6, 6.07) is 0. The van der Waals surface area contributed by atoms with Crippen LogP contribution in [0.25, 0.3) is 0 Å². The Kier molecular flexibility index (Phi) is 11.2. The first-order chi connectivity index (χ1) is 9.39. The van der Waals surface area contributed by atoms with Crippen LogP contribution in [0.1, 0.15) is 65.7 Å². The fraction of sp³-hybridized carbons (Fsp3) is 0.933. The minimum absolute atomic E-state index is 0.0243. The average molecular weight is 310 g/mol. The van der Waals surface area contributed by atoms with Crippen LogP contribution >= 0.6 is 11.8 Å². The van der Waals surface area contributed by atoms with Crippen molar-refractivity contribution in [2.45, 2.75) is 76.9 Å². The van der Waals surface area contributed by atoms with Crippen molar-refractivity contribution in [3.8, 4) is 0 Å². The average Bonchev–Trinajstić information content (AvgIpc) is 2.36. The number of alkyl halides is 2. The summed E-state index contributed by atoms with van der Waals surface area (Å²) < 4.78 is 30.4. The standard InChI is InChI=1S/C15H28F2O2S/c1-4-9-14(18)19-12-13(5-2)20-11-8-6-7-10-15(3,16)17/h13H,4-12H2,1-3H3. The van der Waals surface area contributed by atoms with Crippen LogP contribution in [0.4, 0.5) is 8.78 Å². The highest BCUT2D eigenvalue weighted by molar-refractivity contribution is 7.99. The molecule has 5 heteroatoms. The fourth-order valence-corrected chi connectivity index (χ4v) is 2.81. The normalized spacial score (nSPS) is 13.2. The Hall–Kier alpha value is -0.320. The zero-order valence-electron chi connectivity index (χ0n) is 12.9. The maximum absolute atomic E-state index is 12.6. The van der Waals surface area contributed by atoms with Crippen LogP contribution in [-0.4, -0.2) is 29.5 Å². The van der Waals surface area contributed by atoms with Crippen LogP contribution in [0, 0.1) is 0 Å². The summed E-state index contributed by atoms with van der Waals surface area (Å²) in [4.78, 5) is 11.3. The van der Waals surface area contributed by atoms with Crippen LogP contribution in [0.15, 0.2) is 0 Å². The molecule has 0 bridgehead atoms. The monoisotopic (exact) mass is 310 g/mol. The zero-order valence-corrected chi connectivity index (χ0v) is 13.7. The van der Waals surface area contributed by atoms with Gasteiger partial charge < -0.3 is 4.74 Å². The number of hydrogen-bond acceptors (Lipinski definition) is 3. The summed E-state index contributed by atoms with van der Waals surface area (Å²) >= 11 is 1.77. The van der Waals surface area contributed by atoms with Crippen LogP contribution in [-0.2, 0) is 9.53 Å². The minimum Gasteiger partial charge on any atom is -0.464 e. The van der Waals surface area contributed by atoms with E-state index in [1.807, 2.05) is 6.92 Å². The minimum atomic E-state index is -2.54. The van der Waals surface area contributed by atoms with E-state index in [4.69, 9.17) is 4.74 Å². The van der Waals surface area contributed by atoms with Crippen molar-refractivity contribution in [1.29, 1.82) is 0 Å². The van der Waals surface area contributed by atoms with Gasteiger partial charge in [0.15, 0.2) is 0 Å². The molecular formula is C15H28F2O2S. The van der Waals surface area contributed by atoms with Crippen molar-refractivity contribution in [2.75, 3.05) is 12.4 Å². The quantitative estimate of drug-likeness (QED) is 0.372. The van der Waals surface area contributed by atoms with Gasteiger partial charge in [0.1, 0.15) is 6.61 Å². The Bertz CT molecular complexity index is 255. The number of halogens is 2. The van der Waals surface area contributed by atoms with Crippen molar-refractivity contribution < 1.29 is 18.3 Å². The van der Waals surface area contributed by atoms with Crippen LogP contribution in [0.3, 0.4) is 0 Å². The molecule has 120 valence electrons. The molecule has 0 heterocycles. The van der Waals surface area contributed by atoms with Crippen molar-refractivity contribution >= 4 is 17.7 Å². The van der Waals surface area contributed by atoms with Gasteiger partial charge in [-0.3, -0.25) is 4.79 Å². The summed E-state index contributed by atoms with van der Waals surface area (Å²) in [6.45, 7) is 5.46. The molecule has 1 atom stereocenters. The number of esters is 1. The molecule has 0 radical (unpaired) electrons. The van der Waals surface area contributed by atoms with Gasteiger partial charge in [0, 0.05) is 18.1 Å². The molecule has 20 heavy (non-hydrogen) atoms. The fourth-order valence-electron chi connectivity index (χ4n) is 1.71. The molecule has 0 aliphatic rings. The lowest BCUT2D eigenvalue weighted by molar-refractivity contribution is -0.143. The molecular weight excluding hydrogens is 282 g/mol. The van der Waals surface area contributed by atoms with Gasteiger partial charge in [-0.05, 0) is 38.4 Å². The number of thioether (sulfide) groups is 1. The highest BCUT2D eigenvalue weighted by Crippen LogP contribution is 2.22. The topological polar surface area (TPSA) is 26.3 Å². The van der Waals surface area contributed by atoms with Gasteiger partial charge in [0.25, 0.3) is 0 Å². The first-order valence-electron chi connectivity index (χ1n) is 7.54. The molecule has 0 saturated heterocycles. The molecule has 0 N–H and O–H groups in total. The lowest BCUT2D eigenvalue weighted by atomic mass is 10.1. The number of carbonyl (C=O) groups is 1. The second-order valence-electron chi connectivity index (χ2n) is 5.21. The predicted molar refractivity (Wildman–Crippen MR) is 81.5 cm³/mol. The van der Waals surface area contributed by atoms with Gasteiger partial charge in [-0.1, -0.05) is 20.3 Å². The predicted octanol–water partition coefficient (Wildman–Crippen LogP) is 5.06. The molecule has 0 aliphatic heterocycles. The van der Waals surface area contributed by atoms with Crippen LogP contribution in [0.5, 0.6) is 0 Å². The molecule has 0 aromatic heterocycles. The van der Waals surface area contributed by atoms with Crippen molar-refractivity contribution in [2.24, 2.45) is 0 Å². The van der Waals surface area contributed by atoms with Crippen LogP contribution in [0.2, 0.25) is 0 Å². The molecule has 0 aromatic carbocycles. The molecule has 2 nitrogen and oxygen atoms in total. The summed E-state index contributed by atoms with van der Waals surface area (Å²) in [6.07, 6.45) is 4.58. The highest BCUT2D eigenvalue weighted by atomic mass is 32.2. The van der Waals surface area contributed by atoms with Gasteiger partial charge >= 0.3 is 5.97 Å². The summed E-state index contributed by atoms with van der Waals surface area (Å²) in [7, 11) is 0. The van der Waals surface area contributed by atoms with E-state index < -0.39 is 5.92 Å². The highest BCUT2D eigenvalue weighted by Gasteiger charge is 2.19. The van der Waals surface area contributed by atoms with Gasteiger partial charge in [0.2, 0.25) is 5.92 Å². The smallest absolute Gasteiger partial charge is 0.305 e. The first-order valence-corrected chi connectivity index (χ1v) is 8.59. The van der Waals surface area contributed by atoms with E-state index in [-0.39, 0.29) is 12.4 Å². The van der Waals surface area contributed by atoms with Crippen molar-refractivity contribution in [1.82, 2.24) is 0 Å². The molecule has 0 saturated carbocycles. The van der Waals surface area contributed by atoms with Crippen molar-refractivity contribution in [3.63, 3.8) is 0 Å². The molecule has 0 amide bonds. The maximum Gasteiger partial charge on any atom is 0.305 e. The van der Waals surface area contributed by atoms with Gasteiger partial charge in [0.05, 0.1) is 0 Å². The second kappa shape index (κ2) is 11.4. The summed E-state index contributed by atoms with van der Waals surface area (Å²) in [5.74, 6) is -1.72. The SMILES string of the molecule is CCCC(=O)OCC(CC)SCCCCCC(C)(F)F. The largest absolute Gasteiger partial charge is 0.464 e. The van der Waals surface area contributed by atoms with Gasteiger partial charge in [-0.25, -0.2) is 8.78 Å². The zero-order chi connectivity index (χ0) is 15.4. The van der Waals surface area contributed by atoms with Gasteiger partial charge in [-0.15, -0.1) is 0 Å². The van der Waals surface area contributed by atoms with E-state index in [0.29, 0.717) is 24.7 Å². The number of unbranched alkanes of at least 4 members (excludes halogenated alkanes) is 2. The van der Waals surface area contributed by atoms with E-state index in [1.165, 1.54) is 0 Å². The molecule has 0 rings (SSSR count). The Labute approximate surface area is 126 Å². The first kappa shape index (κ1) is 19.7. The lowest BCUT2D eigenvalue weighted by Crippen LogP contribution is -2.15. The Morgan fingerprint density at radius 1 is 1.25 bits per heavy atom. The lowest BCUT2D eigenvalue weighted by Gasteiger charge is -2.15. The van der Waals surface area contributed by atoms with Gasteiger partial charge in [-0.2, -0.15) is 11.8 Å². The Balaban J connectivity index is 3.57. The number of rotatable bonds is 12. The Morgan fingerprint density at radius 3 is 2.50 bits per heavy atom. The number of ether oxygens (including phenoxy) is 1. The third-order valence-corrected chi connectivity index (χ3v) is 4.42. The van der Waals surface area contributed by atoms with Crippen molar-refractivity contribution in [3.05, 3.63) is 0 Å². The molecule has 0 spiro atoms. The number of carbonyl (C=O) groups excluding carboxylic acids is 1. The maximum atomic E-state index is 12.6. The van der Waals surface area contributed by atoms with E-state index in [0.717, 1.165) is 38.4 Å². The van der Waals surface area contributed by atoms with E-state index in [9.17, 15) is 13.6 Å². The molecule has 0 fully saturated rings. The van der Waals surface area contributed by atoms with E-state index >= 15 is 0 Å². The van der Waals surface area contributed by atoms with Crippen LogP contribution < -0.4 is 0 Å². The third-order valence-electron chi connectivity index (χ3n) is 2.95. The summed E-state index contributed by atoms with van der Waals surface area (Å²) in [5.41, 5.74) is 0. The molecule has 0 aromatic rings.